The van der Waals surface area contributed by atoms with Crippen molar-refractivity contribution in [1.29, 1.82) is 0 Å². The summed E-state index contributed by atoms with van der Waals surface area (Å²) in [6.45, 7) is 10.3. The molecule has 0 bridgehead atoms. The summed E-state index contributed by atoms with van der Waals surface area (Å²) in [4.78, 5) is 11.3. The highest BCUT2D eigenvalue weighted by Gasteiger charge is 2.12. The number of hydrogen-bond donors (Lipinski definition) is 1. The molecule has 0 aromatic rings. The second-order valence-corrected chi connectivity index (χ2v) is 3.33. The normalized spacial score (nSPS) is 10.4. The maximum Gasteiger partial charge on any atom is 0.250 e. The van der Waals surface area contributed by atoms with E-state index in [4.69, 9.17) is 9.47 Å². The molecule has 0 heterocycles. The Hall–Kier alpha value is -0.870. The number of rotatable bonds is 8. The average molecular weight is 215 g/mol. The number of ether oxygens (including phenoxy) is 2. The third-order valence-corrected chi connectivity index (χ3v) is 1.58. The molecule has 0 saturated heterocycles. The molecule has 0 saturated carbocycles. The minimum Gasteiger partial charge on any atom is -0.335 e. The van der Waals surface area contributed by atoms with E-state index >= 15 is 0 Å². The standard InChI is InChI=1S/C11H21NO3/c1-5-7-14-11(15-8-6-2)12-10(13)9(3)4/h11H,3,5-8H2,1-2,4H3,(H,12,13). The summed E-state index contributed by atoms with van der Waals surface area (Å²) in [5, 5.41) is 2.60. The molecule has 0 fully saturated rings. The summed E-state index contributed by atoms with van der Waals surface area (Å²) in [6.07, 6.45) is 1.11. The van der Waals surface area contributed by atoms with Gasteiger partial charge in [-0.15, -0.1) is 0 Å². The average Bonchev–Trinajstić information content (AvgIpc) is 2.21. The zero-order valence-electron chi connectivity index (χ0n) is 9.84. The Labute approximate surface area is 91.6 Å². The first-order valence-corrected chi connectivity index (χ1v) is 5.31. The van der Waals surface area contributed by atoms with Gasteiger partial charge in [-0.25, -0.2) is 0 Å². The predicted molar refractivity (Wildman–Crippen MR) is 59.2 cm³/mol. The van der Waals surface area contributed by atoms with Crippen LogP contribution in [0.2, 0.25) is 0 Å². The second-order valence-electron chi connectivity index (χ2n) is 3.33. The maximum atomic E-state index is 11.3. The van der Waals surface area contributed by atoms with Gasteiger partial charge in [0.2, 0.25) is 12.3 Å². The lowest BCUT2D eigenvalue weighted by molar-refractivity contribution is -0.167. The van der Waals surface area contributed by atoms with E-state index in [1.807, 2.05) is 13.8 Å². The molecule has 0 atom stereocenters. The Balaban J connectivity index is 3.98. The van der Waals surface area contributed by atoms with E-state index in [0.29, 0.717) is 18.8 Å². The molecule has 4 heteroatoms. The SMILES string of the molecule is C=C(C)C(=O)NC(OCCC)OCCC. The minimum absolute atomic E-state index is 0.243. The van der Waals surface area contributed by atoms with Gasteiger partial charge in [0.25, 0.3) is 0 Å². The number of nitrogens with one attached hydrogen (secondary N) is 1. The number of hydrogen-bond acceptors (Lipinski definition) is 3. The first-order chi connectivity index (χ1) is 7.11. The van der Waals surface area contributed by atoms with Crippen molar-refractivity contribution in [2.75, 3.05) is 13.2 Å². The third kappa shape index (κ3) is 7.11. The molecule has 0 unspecified atom stereocenters. The molecule has 0 aromatic carbocycles. The molecule has 15 heavy (non-hydrogen) atoms. The van der Waals surface area contributed by atoms with Gasteiger partial charge in [0.15, 0.2) is 0 Å². The highest BCUT2D eigenvalue weighted by atomic mass is 16.7. The van der Waals surface area contributed by atoms with Crippen molar-refractivity contribution in [1.82, 2.24) is 5.32 Å². The smallest absolute Gasteiger partial charge is 0.250 e. The quantitative estimate of drug-likeness (QED) is 0.496. The summed E-state index contributed by atoms with van der Waals surface area (Å²) in [5.41, 5.74) is 0.445. The molecule has 0 aliphatic rings. The Bertz CT molecular complexity index is 196. The van der Waals surface area contributed by atoms with Crippen LogP contribution in [0.15, 0.2) is 12.2 Å². The van der Waals surface area contributed by atoms with Crippen LogP contribution in [0.4, 0.5) is 0 Å². The number of carbonyl (C=O) groups excluding carboxylic acids is 1. The van der Waals surface area contributed by atoms with Crippen LogP contribution in [0.25, 0.3) is 0 Å². The molecule has 1 N–H and O–H groups in total. The van der Waals surface area contributed by atoms with Crippen LogP contribution in [0, 0.1) is 0 Å². The Morgan fingerprint density at radius 2 is 1.73 bits per heavy atom. The molecule has 0 aromatic heterocycles. The fraction of sp³-hybridized carbons (Fsp3) is 0.727. The van der Waals surface area contributed by atoms with Crippen LogP contribution in [-0.2, 0) is 14.3 Å². The minimum atomic E-state index is -0.658. The third-order valence-electron chi connectivity index (χ3n) is 1.58. The Morgan fingerprint density at radius 1 is 1.27 bits per heavy atom. The molecule has 1 amide bonds. The second kappa shape index (κ2) is 8.44. The van der Waals surface area contributed by atoms with Gasteiger partial charge in [-0.05, 0) is 19.8 Å². The van der Waals surface area contributed by atoms with E-state index in [1.165, 1.54) is 0 Å². The van der Waals surface area contributed by atoms with Crippen LogP contribution in [0.1, 0.15) is 33.6 Å². The molecule has 0 radical (unpaired) electrons. The Kier molecular flexibility index (Phi) is 7.95. The van der Waals surface area contributed by atoms with Gasteiger partial charge in [0.1, 0.15) is 0 Å². The van der Waals surface area contributed by atoms with Crippen molar-refractivity contribution in [3.8, 4) is 0 Å². The maximum absolute atomic E-state index is 11.3. The zero-order valence-corrected chi connectivity index (χ0v) is 9.84. The summed E-state index contributed by atoms with van der Waals surface area (Å²) < 4.78 is 10.6. The topological polar surface area (TPSA) is 47.6 Å². The first-order valence-electron chi connectivity index (χ1n) is 5.31. The van der Waals surface area contributed by atoms with Crippen LogP contribution in [-0.4, -0.2) is 25.5 Å². The fourth-order valence-corrected chi connectivity index (χ4v) is 0.811. The highest BCUT2D eigenvalue weighted by molar-refractivity contribution is 5.92. The van der Waals surface area contributed by atoms with Crippen molar-refractivity contribution in [2.24, 2.45) is 0 Å². The van der Waals surface area contributed by atoms with Gasteiger partial charge >= 0.3 is 0 Å². The predicted octanol–water partition coefficient (Wildman–Crippen LogP) is 1.82. The van der Waals surface area contributed by atoms with E-state index in [0.717, 1.165) is 12.8 Å². The van der Waals surface area contributed by atoms with Crippen molar-refractivity contribution in [3.63, 3.8) is 0 Å². The molecule has 0 aliphatic carbocycles. The summed E-state index contributed by atoms with van der Waals surface area (Å²) in [7, 11) is 0. The molecule has 4 nitrogen and oxygen atoms in total. The number of amides is 1. The summed E-state index contributed by atoms with van der Waals surface area (Å²) in [6, 6.07) is 0. The van der Waals surface area contributed by atoms with Crippen molar-refractivity contribution in [2.45, 2.75) is 40.0 Å². The van der Waals surface area contributed by atoms with E-state index in [9.17, 15) is 4.79 Å². The first kappa shape index (κ1) is 14.1. The van der Waals surface area contributed by atoms with Crippen LogP contribution >= 0.6 is 0 Å². The van der Waals surface area contributed by atoms with Gasteiger partial charge < -0.3 is 14.8 Å². The van der Waals surface area contributed by atoms with Crippen LogP contribution in [0.3, 0.4) is 0 Å². The van der Waals surface area contributed by atoms with Crippen molar-refractivity contribution < 1.29 is 14.3 Å². The lowest BCUT2D eigenvalue weighted by atomic mass is 10.3. The molecular formula is C11H21NO3. The van der Waals surface area contributed by atoms with E-state index in [-0.39, 0.29) is 5.91 Å². The molecule has 0 aliphatic heterocycles. The van der Waals surface area contributed by atoms with Crippen LogP contribution in [0.5, 0.6) is 0 Å². The van der Waals surface area contributed by atoms with Gasteiger partial charge in [0.05, 0.1) is 13.2 Å². The van der Waals surface area contributed by atoms with E-state index in [1.54, 1.807) is 6.92 Å². The summed E-state index contributed by atoms with van der Waals surface area (Å²) in [5.74, 6) is -0.243. The molecular weight excluding hydrogens is 194 g/mol. The Morgan fingerprint density at radius 3 is 2.07 bits per heavy atom. The molecule has 0 rings (SSSR count). The van der Waals surface area contributed by atoms with E-state index in [2.05, 4.69) is 11.9 Å². The van der Waals surface area contributed by atoms with E-state index < -0.39 is 6.41 Å². The van der Waals surface area contributed by atoms with Crippen molar-refractivity contribution in [3.05, 3.63) is 12.2 Å². The molecule has 88 valence electrons. The van der Waals surface area contributed by atoms with Gasteiger partial charge in [-0.1, -0.05) is 20.4 Å². The van der Waals surface area contributed by atoms with Gasteiger partial charge in [0, 0.05) is 5.57 Å². The van der Waals surface area contributed by atoms with Crippen molar-refractivity contribution >= 4 is 5.91 Å². The highest BCUT2D eigenvalue weighted by Crippen LogP contribution is 1.97. The monoisotopic (exact) mass is 215 g/mol. The van der Waals surface area contributed by atoms with Gasteiger partial charge in [-0.3, -0.25) is 4.79 Å². The largest absolute Gasteiger partial charge is 0.335 e. The lowest BCUT2D eigenvalue weighted by Gasteiger charge is -2.19. The zero-order chi connectivity index (χ0) is 11.7. The van der Waals surface area contributed by atoms with Crippen LogP contribution < -0.4 is 5.32 Å². The summed E-state index contributed by atoms with van der Waals surface area (Å²) >= 11 is 0. The fourth-order valence-electron chi connectivity index (χ4n) is 0.811. The van der Waals surface area contributed by atoms with Gasteiger partial charge in [-0.2, -0.15) is 0 Å². The molecule has 0 spiro atoms. The number of carbonyl (C=O) groups is 1. The lowest BCUT2D eigenvalue weighted by Crippen LogP contribution is -2.39.